The molecule has 2 fully saturated rings. The van der Waals surface area contributed by atoms with E-state index in [1.807, 2.05) is 0 Å². The third-order valence-electron chi connectivity index (χ3n) is 4.71. The lowest BCUT2D eigenvalue weighted by Crippen LogP contribution is -2.40. The van der Waals surface area contributed by atoms with E-state index < -0.39 is 11.9 Å². The lowest BCUT2D eigenvalue weighted by Gasteiger charge is -2.30. The fourth-order valence-electron chi connectivity index (χ4n) is 3.42. The normalized spacial score (nSPS) is 19.7. The third-order valence-corrected chi connectivity index (χ3v) is 4.71. The van der Waals surface area contributed by atoms with Gasteiger partial charge in [-0.05, 0) is 38.5 Å². The van der Waals surface area contributed by atoms with Gasteiger partial charge in [-0.15, -0.1) is 0 Å². The van der Waals surface area contributed by atoms with E-state index in [4.69, 9.17) is 10.2 Å². The van der Waals surface area contributed by atoms with E-state index in [1.165, 1.54) is 64.2 Å². The molecule has 2 saturated carbocycles. The Bertz CT molecular complexity index is 302. The van der Waals surface area contributed by atoms with Crippen molar-refractivity contribution in [2.45, 2.75) is 102 Å². The maximum Gasteiger partial charge on any atom is 0.303 e. The van der Waals surface area contributed by atoms with Gasteiger partial charge in [-0.2, -0.15) is 0 Å². The standard InChI is InChI=1S/C12H23N.C6H10O4/c1-3-7-11(8-4-1)13-12-9-5-2-6-10-12;7-5(8)3-1-2-4-6(9)10/h11-13H,1-10H2;1-4H2,(H,7,8)(H,9,10). The number of rotatable bonds is 7. The summed E-state index contributed by atoms with van der Waals surface area (Å²) in [5, 5.41) is 20.1. The molecule has 23 heavy (non-hydrogen) atoms. The van der Waals surface area contributed by atoms with E-state index in [9.17, 15) is 9.59 Å². The van der Waals surface area contributed by atoms with E-state index in [0.717, 1.165) is 12.1 Å². The van der Waals surface area contributed by atoms with Gasteiger partial charge in [-0.25, -0.2) is 0 Å². The Balaban J connectivity index is 0.000000241. The van der Waals surface area contributed by atoms with Crippen molar-refractivity contribution in [3.63, 3.8) is 0 Å². The van der Waals surface area contributed by atoms with E-state index in [2.05, 4.69) is 5.32 Å². The summed E-state index contributed by atoms with van der Waals surface area (Å²) in [5.74, 6) is -1.74. The van der Waals surface area contributed by atoms with Gasteiger partial charge >= 0.3 is 11.9 Å². The molecule has 0 bridgehead atoms. The lowest BCUT2D eigenvalue weighted by atomic mass is 9.91. The maximum absolute atomic E-state index is 9.90. The third kappa shape index (κ3) is 11.1. The minimum absolute atomic E-state index is 0.0628. The van der Waals surface area contributed by atoms with Crippen molar-refractivity contribution < 1.29 is 19.8 Å². The zero-order valence-corrected chi connectivity index (χ0v) is 14.3. The van der Waals surface area contributed by atoms with Crippen LogP contribution in [-0.4, -0.2) is 34.2 Å². The quantitative estimate of drug-likeness (QED) is 0.616. The Hall–Kier alpha value is -1.10. The van der Waals surface area contributed by atoms with Gasteiger partial charge in [0.15, 0.2) is 0 Å². The number of carboxylic acids is 2. The first kappa shape index (κ1) is 19.9. The predicted molar refractivity (Wildman–Crippen MR) is 90.6 cm³/mol. The molecule has 0 aromatic heterocycles. The zero-order valence-electron chi connectivity index (χ0n) is 14.3. The molecule has 0 amide bonds. The molecular formula is C18H33NO4. The van der Waals surface area contributed by atoms with Crippen LogP contribution in [-0.2, 0) is 9.59 Å². The molecule has 5 heteroatoms. The first-order chi connectivity index (χ1) is 11.1. The Morgan fingerprint density at radius 2 is 1.04 bits per heavy atom. The second-order valence-corrected chi connectivity index (χ2v) is 6.83. The monoisotopic (exact) mass is 327 g/mol. The van der Waals surface area contributed by atoms with Crippen LogP contribution in [0.2, 0.25) is 0 Å². The van der Waals surface area contributed by atoms with Gasteiger partial charge in [-0.3, -0.25) is 9.59 Å². The van der Waals surface area contributed by atoms with Gasteiger partial charge in [0.1, 0.15) is 0 Å². The van der Waals surface area contributed by atoms with Gasteiger partial charge in [0.25, 0.3) is 0 Å². The minimum Gasteiger partial charge on any atom is -0.481 e. The molecule has 3 N–H and O–H groups in total. The van der Waals surface area contributed by atoms with Crippen molar-refractivity contribution in [3.8, 4) is 0 Å². The number of carbonyl (C=O) groups is 2. The molecule has 134 valence electrons. The van der Waals surface area contributed by atoms with Gasteiger partial charge in [0.05, 0.1) is 0 Å². The minimum atomic E-state index is -0.870. The summed E-state index contributed by atoms with van der Waals surface area (Å²) in [5.41, 5.74) is 0. The highest BCUT2D eigenvalue weighted by molar-refractivity contribution is 5.67. The molecular weight excluding hydrogens is 294 g/mol. The van der Waals surface area contributed by atoms with Crippen molar-refractivity contribution in [2.24, 2.45) is 0 Å². The number of hydrogen-bond acceptors (Lipinski definition) is 3. The second kappa shape index (κ2) is 12.3. The van der Waals surface area contributed by atoms with Crippen LogP contribution in [0.1, 0.15) is 89.9 Å². The molecule has 0 saturated heterocycles. The number of aliphatic carboxylic acids is 2. The van der Waals surface area contributed by atoms with Gasteiger partial charge in [0, 0.05) is 24.9 Å². The highest BCUT2D eigenvalue weighted by atomic mass is 16.4. The molecule has 0 unspecified atom stereocenters. The second-order valence-electron chi connectivity index (χ2n) is 6.83. The van der Waals surface area contributed by atoms with Crippen LogP contribution in [0.25, 0.3) is 0 Å². The van der Waals surface area contributed by atoms with Crippen molar-refractivity contribution in [3.05, 3.63) is 0 Å². The molecule has 0 atom stereocenters. The molecule has 0 aromatic rings. The number of unbranched alkanes of at least 4 members (excludes halogenated alkanes) is 1. The summed E-state index contributed by atoms with van der Waals surface area (Å²) in [7, 11) is 0. The fraction of sp³-hybridized carbons (Fsp3) is 0.889. The Morgan fingerprint density at radius 3 is 1.35 bits per heavy atom. The number of nitrogens with one attached hydrogen (secondary N) is 1. The molecule has 0 radical (unpaired) electrons. The predicted octanol–water partition coefficient (Wildman–Crippen LogP) is 3.96. The van der Waals surface area contributed by atoms with E-state index in [0.29, 0.717) is 12.8 Å². The molecule has 2 rings (SSSR count). The summed E-state index contributed by atoms with van der Waals surface area (Å²) in [6.45, 7) is 0. The first-order valence-corrected chi connectivity index (χ1v) is 9.27. The average molecular weight is 327 g/mol. The van der Waals surface area contributed by atoms with Gasteiger partial charge in [0.2, 0.25) is 0 Å². The molecule has 2 aliphatic carbocycles. The topological polar surface area (TPSA) is 86.6 Å². The average Bonchev–Trinajstić information content (AvgIpc) is 2.54. The van der Waals surface area contributed by atoms with Gasteiger partial charge < -0.3 is 15.5 Å². The lowest BCUT2D eigenvalue weighted by molar-refractivity contribution is -0.139. The van der Waals surface area contributed by atoms with Crippen LogP contribution in [0.4, 0.5) is 0 Å². The van der Waals surface area contributed by atoms with Crippen LogP contribution in [0.15, 0.2) is 0 Å². The van der Waals surface area contributed by atoms with Crippen LogP contribution in [0.3, 0.4) is 0 Å². The van der Waals surface area contributed by atoms with Crippen LogP contribution >= 0.6 is 0 Å². The first-order valence-electron chi connectivity index (χ1n) is 9.27. The Kier molecular flexibility index (Phi) is 10.7. The summed E-state index contributed by atoms with van der Waals surface area (Å²) in [6.07, 6.45) is 15.6. The highest BCUT2D eigenvalue weighted by Gasteiger charge is 2.19. The molecule has 2 aliphatic rings. The van der Waals surface area contributed by atoms with Crippen molar-refractivity contribution in [2.75, 3.05) is 0 Å². The zero-order chi connectivity index (χ0) is 16.9. The molecule has 0 heterocycles. The van der Waals surface area contributed by atoms with Crippen LogP contribution in [0.5, 0.6) is 0 Å². The van der Waals surface area contributed by atoms with Crippen molar-refractivity contribution >= 4 is 11.9 Å². The Morgan fingerprint density at radius 1 is 0.696 bits per heavy atom. The Labute approximate surface area is 139 Å². The molecule has 0 spiro atoms. The summed E-state index contributed by atoms with van der Waals surface area (Å²) in [6, 6.07) is 1.74. The SMILES string of the molecule is C1CCC(NC2CCCCC2)CC1.O=C(O)CCCCC(=O)O. The van der Waals surface area contributed by atoms with Crippen molar-refractivity contribution in [1.29, 1.82) is 0 Å². The molecule has 5 nitrogen and oxygen atoms in total. The van der Waals surface area contributed by atoms with Crippen molar-refractivity contribution in [1.82, 2.24) is 5.32 Å². The molecule has 0 aromatic carbocycles. The fourth-order valence-corrected chi connectivity index (χ4v) is 3.42. The van der Waals surface area contributed by atoms with Crippen LogP contribution in [0, 0.1) is 0 Å². The highest BCUT2D eigenvalue weighted by Crippen LogP contribution is 2.22. The van der Waals surface area contributed by atoms with E-state index in [1.54, 1.807) is 0 Å². The summed E-state index contributed by atoms with van der Waals surface area (Å²) >= 11 is 0. The number of carboxylic acid groups (broad SMARTS) is 2. The summed E-state index contributed by atoms with van der Waals surface area (Å²) in [4.78, 5) is 19.8. The number of hydrogen-bond donors (Lipinski definition) is 3. The maximum atomic E-state index is 9.90. The van der Waals surface area contributed by atoms with E-state index >= 15 is 0 Å². The van der Waals surface area contributed by atoms with Gasteiger partial charge in [-0.1, -0.05) is 38.5 Å². The summed E-state index contributed by atoms with van der Waals surface area (Å²) < 4.78 is 0. The smallest absolute Gasteiger partial charge is 0.303 e. The molecule has 0 aliphatic heterocycles. The van der Waals surface area contributed by atoms with E-state index in [-0.39, 0.29) is 12.8 Å². The van der Waals surface area contributed by atoms with Crippen LogP contribution < -0.4 is 5.32 Å². The largest absolute Gasteiger partial charge is 0.481 e.